The molecule has 0 saturated carbocycles. The number of fused-ring (bicyclic) bond motifs is 1. The molecule has 2 heterocycles. The fourth-order valence-corrected chi connectivity index (χ4v) is 4.76. The van der Waals surface area contributed by atoms with Crippen molar-refractivity contribution in [2.24, 2.45) is 0 Å². The predicted molar refractivity (Wildman–Crippen MR) is 129 cm³/mol. The van der Waals surface area contributed by atoms with E-state index in [1.165, 1.54) is 41.6 Å². The average Bonchev–Trinajstić information content (AvgIpc) is 3.20. The van der Waals surface area contributed by atoms with Crippen LogP contribution in [0, 0.1) is 0 Å². The molecule has 2 N–H and O–H groups in total. The van der Waals surface area contributed by atoms with Crippen molar-refractivity contribution in [1.82, 2.24) is 10.2 Å². The molecule has 0 aliphatic carbocycles. The first-order valence-electron chi connectivity index (χ1n) is 11.8. The summed E-state index contributed by atoms with van der Waals surface area (Å²) < 4.78 is 0. The van der Waals surface area contributed by atoms with E-state index < -0.39 is 11.8 Å². The standard InChI is InChI=1S/C26H34N4O2/c1-3-19-7-10-22(11-8-19)28-26(32)25(31)27-18-24(30-14-5-4-6-15-30)20-9-12-23-21(17-20)13-16-29(23)2/h7-12,17,24H,3-6,13-16,18H2,1-2H3,(H,27,31)(H,28,32). The lowest BCUT2D eigenvalue weighted by Gasteiger charge is -2.35. The molecule has 2 amide bonds. The minimum absolute atomic E-state index is 0.0760. The highest BCUT2D eigenvalue weighted by atomic mass is 16.2. The quantitative estimate of drug-likeness (QED) is 0.683. The Balaban J connectivity index is 1.42. The van der Waals surface area contributed by atoms with E-state index in [4.69, 9.17) is 0 Å². The van der Waals surface area contributed by atoms with Crippen LogP contribution in [0.15, 0.2) is 42.5 Å². The molecular formula is C26H34N4O2. The molecule has 0 radical (unpaired) electrons. The van der Waals surface area contributed by atoms with E-state index in [2.05, 4.69) is 52.6 Å². The summed E-state index contributed by atoms with van der Waals surface area (Å²) >= 11 is 0. The minimum Gasteiger partial charge on any atom is -0.374 e. The van der Waals surface area contributed by atoms with Gasteiger partial charge in [-0.25, -0.2) is 0 Å². The van der Waals surface area contributed by atoms with Gasteiger partial charge in [0, 0.05) is 31.5 Å². The summed E-state index contributed by atoms with van der Waals surface area (Å²) in [4.78, 5) is 29.7. The van der Waals surface area contributed by atoms with E-state index in [1.54, 1.807) is 0 Å². The van der Waals surface area contributed by atoms with Crippen molar-refractivity contribution in [3.05, 3.63) is 59.2 Å². The minimum atomic E-state index is -0.623. The van der Waals surface area contributed by atoms with Crippen molar-refractivity contribution in [1.29, 1.82) is 0 Å². The smallest absolute Gasteiger partial charge is 0.313 e. The van der Waals surface area contributed by atoms with Gasteiger partial charge in [-0.2, -0.15) is 0 Å². The number of carbonyl (C=O) groups excluding carboxylic acids is 2. The molecule has 6 nitrogen and oxygen atoms in total. The Hall–Kier alpha value is -2.86. The normalized spacial score (nSPS) is 17.0. The van der Waals surface area contributed by atoms with Crippen molar-refractivity contribution in [3.63, 3.8) is 0 Å². The van der Waals surface area contributed by atoms with Gasteiger partial charge in [0.1, 0.15) is 0 Å². The van der Waals surface area contributed by atoms with Gasteiger partial charge in [-0.3, -0.25) is 14.5 Å². The summed E-state index contributed by atoms with van der Waals surface area (Å²) in [7, 11) is 2.13. The van der Waals surface area contributed by atoms with Gasteiger partial charge in [0.15, 0.2) is 0 Å². The fourth-order valence-electron chi connectivity index (χ4n) is 4.76. The predicted octanol–water partition coefficient (Wildman–Crippen LogP) is 3.52. The maximum absolute atomic E-state index is 12.6. The van der Waals surface area contributed by atoms with Crippen molar-refractivity contribution < 1.29 is 9.59 Å². The molecule has 170 valence electrons. The van der Waals surface area contributed by atoms with Gasteiger partial charge in [-0.05, 0) is 73.7 Å². The Morgan fingerprint density at radius 3 is 2.44 bits per heavy atom. The van der Waals surface area contributed by atoms with Gasteiger partial charge in [0.25, 0.3) is 0 Å². The van der Waals surface area contributed by atoms with Gasteiger partial charge in [0.05, 0.1) is 6.04 Å². The molecule has 2 aromatic carbocycles. The molecule has 0 aromatic heterocycles. The van der Waals surface area contributed by atoms with Crippen LogP contribution in [-0.2, 0) is 22.4 Å². The lowest BCUT2D eigenvalue weighted by atomic mass is 9.98. The molecule has 1 fully saturated rings. The number of aryl methyl sites for hydroxylation is 1. The van der Waals surface area contributed by atoms with Crippen molar-refractivity contribution in [2.45, 2.75) is 45.1 Å². The molecule has 1 atom stereocenters. The first-order chi connectivity index (χ1) is 15.5. The number of rotatable bonds is 6. The van der Waals surface area contributed by atoms with Crippen LogP contribution >= 0.6 is 0 Å². The molecule has 2 aliphatic heterocycles. The van der Waals surface area contributed by atoms with E-state index in [-0.39, 0.29) is 6.04 Å². The lowest BCUT2D eigenvalue weighted by Crippen LogP contribution is -2.43. The Bertz CT molecular complexity index is 951. The molecule has 32 heavy (non-hydrogen) atoms. The van der Waals surface area contributed by atoms with Gasteiger partial charge in [0.2, 0.25) is 0 Å². The molecule has 6 heteroatoms. The maximum atomic E-state index is 12.6. The number of likely N-dealkylation sites (N-methyl/N-ethyl adjacent to an activating group) is 1. The van der Waals surface area contributed by atoms with Crippen LogP contribution in [0.2, 0.25) is 0 Å². The number of hydrogen-bond acceptors (Lipinski definition) is 4. The largest absolute Gasteiger partial charge is 0.374 e. The van der Waals surface area contributed by atoms with Gasteiger partial charge >= 0.3 is 11.8 Å². The topological polar surface area (TPSA) is 64.7 Å². The molecule has 1 saturated heterocycles. The average molecular weight is 435 g/mol. The van der Waals surface area contributed by atoms with Crippen LogP contribution in [0.4, 0.5) is 11.4 Å². The Kier molecular flexibility index (Phi) is 7.10. The van der Waals surface area contributed by atoms with Crippen LogP contribution in [0.3, 0.4) is 0 Å². The molecular weight excluding hydrogens is 400 g/mol. The van der Waals surface area contributed by atoms with Gasteiger partial charge in [-0.15, -0.1) is 0 Å². The molecule has 1 unspecified atom stereocenters. The maximum Gasteiger partial charge on any atom is 0.313 e. The van der Waals surface area contributed by atoms with E-state index in [0.717, 1.165) is 32.5 Å². The summed E-state index contributed by atoms with van der Waals surface area (Å²) in [6.45, 7) is 5.60. The Labute approximate surface area is 191 Å². The molecule has 4 rings (SSSR count). The first-order valence-corrected chi connectivity index (χ1v) is 11.8. The third kappa shape index (κ3) is 5.13. The Morgan fingerprint density at radius 1 is 0.969 bits per heavy atom. The third-order valence-corrected chi connectivity index (χ3v) is 6.73. The summed E-state index contributed by atoms with van der Waals surface area (Å²) in [6, 6.07) is 14.3. The van der Waals surface area contributed by atoms with Crippen LogP contribution in [0.25, 0.3) is 0 Å². The van der Waals surface area contributed by atoms with Gasteiger partial charge in [-0.1, -0.05) is 37.6 Å². The van der Waals surface area contributed by atoms with Crippen molar-refractivity contribution >= 4 is 23.2 Å². The number of nitrogens with one attached hydrogen (secondary N) is 2. The number of likely N-dealkylation sites (tertiary alicyclic amines) is 1. The highest BCUT2D eigenvalue weighted by Gasteiger charge is 2.26. The summed E-state index contributed by atoms with van der Waals surface area (Å²) in [5.41, 5.74) is 5.71. The number of piperidine rings is 1. The number of amides is 2. The fraction of sp³-hybridized carbons (Fsp3) is 0.462. The molecule has 2 aliphatic rings. The number of hydrogen-bond donors (Lipinski definition) is 2. The highest BCUT2D eigenvalue weighted by Crippen LogP contribution is 2.32. The molecule has 0 spiro atoms. The second kappa shape index (κ2) is 10.2. The van der Waals surface area contributed by atoms with Gasteiger partial charge < -0.3 is 15.5 Å². The number of nitrogens with zero attached hydrogens (tertiary/aromatic N) is 2. The number of anilines is 2. The number of benzene rings is 2. The van der Waals surface area contributed by atoms with E-state index in [9.17, 15) is 9.59 Å². The molecule has 2 aromatic rings. The zero-order valence-electron chi connectivity index (χ0n) is 19.2. The van der Waals surface area contributed by atoms with Crippen LogP contribution in [-0.4, -0.2) is 49.9 Å². The second-order valence-corrected chi connectivity index (χ2v) is 8.89. The summed E-state index contributed by atoms with van der Waals surface area (Å²) in [5, 5.41) is 5.60. The van der Waals surface area contributed by atoms with Crippen LogP contribution < -0.4 is 15.5 Å². The third-order valence-electron chi connectivity index (χ3n) is 6.73. The SMILES string of the molecule is CCc1ccc(NC(=O)C(=O)NCC(c2ccc3c(c2)CCN3C)N2CCCCC2)cc1. The lowest BCUT2D eigenvalue weighted by molar-refractivity contribution is -0.136. The second-order valence-electron chi connectivity index (χ2n) is 8.89. The monoisotopic (exact) mass is 434 g/mol. The Morgan fingerprint density at radius 2 is 1.72 bits per heavy atom. The van der Waals surface area contributed by atoms with Crippen molar-refractivity contribution in [3.8, 4) is 0 Å². The van der Waals surface area contributed by atoms with E-state index in [1.807, 2.05) is 24.3 Å². The summed E-state index contributed by atoms with van der Waals surface area (Å²) in [5.74, 6) is -1.21. The molecule has 0 bridgehead atoms. The van der Waals surface area contributed by atoms with Crippen LogP contribution in [0.5, 0.6) is 0 Å². The summed E-state index contributed by atoms with van der Waals surface area (Å²) in [6.07, 6.45) is 5.59. The highest BCUT2D eigenvalue weighted by molar-refractivity contribution is 6.39. The van der Waals surface area contributed by atoms with Crippen molar-refractivity contribution in [2.75, 3.05) is 43.4 Å². The zero-order chi connectivity index (χ0) is 22.5. The zero-order valence-corrected chi connectivity index (χ0v) is 19.2. The van der Waals surface area contributed by atoms with Crippen LogP contribution in [0.1, 0.15) is 48.9 Å². The van der Waals surface area contributed by atoms with E-state index >= 15 is 0 Å². The number of carbonyl (C=O) groups is 2. The van der Waals surface area contributed by atoms with E-state index in [0.29, 0.717) is 12.2 Å². The first kappa shape index (κ1) is 22.3.